The molecule has 0 fully saturated rings. The summed E-state index contributed by atoms with van der Waals surface area (Å²) < 4.78 is 0. The number of carboxylic acid groups (broad SMARTS) is 2. The van der Waals surface area contributed by atoms with Crippen molar-refractivity contribution in [1.82, 2.24) is 0 Å². The Bertz CT molecular complexity index is 118. The molecule has 1 atom stereocenters. The molecule has 0 spiro atoms. The summed E-state index contributed by atoms with van der Waals surface area (Å²) in [7, 11) is 0. The van der Waals surface area contributed by atoms with Crippen molar-refractivity contribution < 1.29 is 40.9 Å². The monoisotopic (exact) mass is 330 g/mol. The first-order valence-corrected chi connectivity index (χ1v) is 2.48. The Morgan fingerprint density at radius 1 is 1.36 bits per heavy atom. The van der Waals surface area contributed by atoms with Gasteiger partial charge in [-0.2, -0.15) is 0 Å². The van der Waals surface area contributed by atoms with Crippen molar-refractivity contribution in [3.8, 4) is 0 Å². The third kappa shape index (κ3) is 43.6. The van der Waals surface area contributed by atoms with Crippen LogP contribution in [0.3, 0.4) is 0 Å². The van der Waals surface area contributed by atoms with Crippen LogP contribution in [-0.4, -0.2) is 22.2 Å². The summed E-state index contributed by atoms with van der Waals surface area (Å²) in [5.74, 6) is -2.42. The van der Waals surface area contributed by atoms with E-state index in [9.17, 15) is 4.79 Å². The van der Waals surface area contributed by atoms with Gasteiger partial charge < -0.3 is 17.1 Å². The molecule has 2 N–H and O–H groups in total. The Morgan fingerprint density at radius 2 is 1.45 bits per heavy atom. The molecule has 11 heavy (non-hydrogen) atoms. The molecule has 1 unspecified atom stereocenters. The number of hydrogen-bond acceptors (Lipinski definition) is 2. The molecule has 64 valence electrons. The topological polar surface area (TPSA) is 74.6 Å². The van der Waals surface area contributed by atoms with E-state index in [-0.39, 0.29) is 21.1 Å². The van der Waals surface area contributed by atoms with Gasteiger partial charge in [-0.3, -0.25) is 16.5 Å². The first-order chi connectivity index (χ1) is 4.37. The van der Waals surface area contributed by atoms with E-state index < -0.39 is 17.9 Å². The zero-order valence-electron chi connectivity index (χ0n) is 6.11. The largest absolute Gasteiger partial charge is 2.00 e. The molecule has 0 aliphatic rings. The predicted octanol–water partition coefficient (Wildman–Crippen LogP) is 0.444. The van der Waals surface area contributed by atoms with Gasteiger partial charge in [0.2, 0.25) is 0 Å². The summed E-state index contributed by atoms with van der Waals surface area (Å²) >= 11 is 0. The molecule has 0 rings (SSSR count). The van der Waals surface area contributed by atoms with Gasteiger partial charge in [-0.05, 0) is 0 Å². The average Bonchev–Trinajstić information content (AvgIpc) is 1.63. The SMILES string of the molecule is [CH2-]C(=O)O.[CH2-]C(C)C(=O)O.[W+2]. The minimum atomic E-state index is -1.08. The van der Waals surface area contributed by atoms with E-state index in [0.29, 0.717) is 0 Å². The molecule has 0 aliphatic carbocycles. The molecular formula is C6H10O4W. The van der Waals surface area contributed by atoms with Crippen LogP contribution in [0.2, 0.25) is 0 Å². The third-order valence-corrected chi connectivity index (χ3v) is 0.422. The van der Waals surface area contributed by atoms with Crippen LogP contribution < -0.4 is 0 Å². The second kappa shape index (κ2) is 9.50. The molecule has 0 radical (unpaired) electrons. The van der Waals surface area contributed by atoms with Gasteiger partial charge in [-0.25, -0.2) is 0 Å². The fraction of sp³-hybridized carbons (Fsp3) is 0.333. The molecule has 0 aromatic heterocycles. The summed E-state index contributed by atoms with van der Waals surface area (Å²) in [6.45, 7) is 7.32. The maximum atomic E-state index is 9.64. The standard InChI is InChI=1S/C4H7O2.C2H3O2.W/c1-3(2)4(5)6;1-2(3)4;/h3H,1H2,2H3,(H,5,6);1H2,(H,3,4);/q2*-1;+2. The van der Waals surface area contributed by atoms with Crippen LogP contribution in [0.25, 0.3) is 0 Å². The van der Waals surface area contributed by atoms with Crippen LogP contribution in [0.5, 0.6) is 0 Å². The molecule has 0 bridgehead atoms. The van der Waals surface area contributed by atoms with Gasteiger partial charge in [-0.1, -0.05) is 12.8 Å². The van der Waals surface area contributed by atoms with Gasteiger partial charge in [0.15, 0.2) is 5.97 Å². The first-order valence-electron chi connectivity index (χ1n) is 2.48. The van der Waals surface area contributed by atoms with Crippen molar-refractivity contribution >= 4 is 11.9 Å². The van der Waals surface area contributed by atoms with Crippen LogP contribution in [-0.2, 0) is 30.7 Å². The van der Waals surface area contributed by atoms with Crippen LogP contribution >= 0.6 is 0 Å². The molecule has 0 aromatic carbocycles. The Hall–Kier alpha value is -0.502. The maximum absolute atomic E-state index is 9.64. The molecular weight excluding hydrogens is 320 g/mol. The quantitative estimate of drug-likeness (QED) is 0.685. The normalized spacial score (nSPS) is 9.64. The van der Waals surface area contributed by atoms with Crippen molar-refractivity contribution in [1.29, 1.82) is 0 Å². The smallest absolute Gasteiger partial charge is 0.503 e. The maximum Gasteiger partial charge on any atom is 2.00 e. The summed E-state index contributed by atoms with van der Waals surface area (Å²) in [5.41, 5.74) is 0. The minimum absolute atomic E-state index is 0. The fourth-order valence-corrected chi connectivity index (χ4v) is 0. The molecule has 0 heterocycles. The van der Waals surface area contributed by atoms with Crippen LogP contribution in [0, 0.1) is 19.8 Å². The average molecular weight is 330 g/mol. The molecule has 0 amide bonds. The summed E-state index contributed by atoms with van der Waals surface area (Å²) in [5, 5.41) is 15.2. The van der Waals surface area contributed by atoms with E-state index >= 15 is 0 Å². The molecule has 0 aromatic rings. The predicted molar refractivity (Wildman–Crippen MR) is 35.1 cm³/mol. The van der Waals surface area contributed by atoms with Crippen LogP contribution in [0.4, 0.5) is 0 Å². The third-order valence-electron chi connectivity index (χ3n) is 0.422. The molecule has 0 saturated heterocycles. The number of rotatable bonds is 1. The van der Waals surface area contributed by atoms with E-state index in [2.05, 4.69) is 13.8 Å². The van der Waals surface area contributed by atoms with Gasteiger partial charge >= 0.3 is 21.1 Å². The van der Waals surface area contributed by atoms with Crippen LogP contribution in [0.1, 0.15) is 6.92 Å². The zero-order chi connectivity index (χ0) is 8.73. The van der Waals surface area contributed by atoms with Crippen molar-refractivity contribution in [2.75, 3.05) is 0 Å². The van der Waals surface area contributed by atoms with Crippen molar-refractivity contribution in [3.05, 3.63) is 13.8 Å². The van der Waals surface area contributed by atoms with E-state index in [1.54, 1.807) is 0 Å². The second-order valence-electron chi connectivity index (χ2n) is 1.63. The molecule has 0 aliphatic heterocycles. The number of hydrogen-bond donors (Lipinski definition) is 2. The molecule has 0 saturated carbocycles. The van der Waals surface area contributed by atoms with Gasteiger partial charge in [0, 0.05) is 0 Å². The Kier molecular flexibility index (Phi) is 14.5. The van der Waals surface area contributed by atoms with E-state index in [4.69, 9.17) is 15.0 Å². The van der Waals surface area contributed by atoms with Gasteiger partial charge in [0.05, 0.1) is 0 Å². The number of aliphatic carboxylic acids is 2. The number of carboxylic acids is 2. The summed E-state index contributed by atoms with van der Waals surface area (Å²) in [6, 6.07) is 0. The molecule has 4 nitrogen and oxygen atoms in total. The van der Waals surface area contributed by atoms with Crippen molar-refractivity contribution in [2.45, 2.75) is 6.92 Å². The van der Waals surface area contributed by atoms with E-state index in [0.717, 1.165) is 0 Å². The van der Waals surface area contributed by atoms with Gasteiger partial charge in [0.25, 0.3) is 5.97 Å². The van der Waals surface area contributed by atoms with Crippen molar-refractivity contribution in [2.24, 2.45) is 5.92 Å². The Labute approximate surface area is 79.9 Å². The Balaban J connectivity index is -0.000000114. The first kappa shape index (κ1) is 16.8. The van der Waals surface area contributed by atoms with E-state index in [1.165, 1.54) is 6.92 Å². The minimum Gasteiger partial charge on any atom is -0.503 e. The fourth-order valence-electron chi connectivity index (χ4n) is 0. The zero-order valence-corrected chi connectivity index (χ0v) is 9.04. The number of carbonyl (C=O) groups is 2. The Morgan fingerprint density at radius 3 is 1.45 bits per heavy atom. The van der Waals surface area contributed by atoms with E-state index in [1.807, 2.05) is 0 Å². The second-order valence-corrected chi connectivity index (χ2v) is 1.63. The molecule has 5 heteroatoms. The summed E-state index contributed by atoms with van der Waals surface area (Å²) in [6.07, 6.45) is 0. The van der Waals surface area contributed by atoms with Crippen molar-refractivity contribution in [3.63, 3.8) is 0 Å². The van der Waals surface area contributed by atoms with Crippen LogP contribution in [0.15, 0.2) is 0 Å². The van der Waals surface area contributed by atoms with Gasteiger partial charge in [-0.15, -0.1) is 0 Å². The summed E-state index contributed by atoms with van der Waals surface area (Å²) in [4.78, 5) is 18.5. The van der Waals surface area contributed by atoms with Gasteiger partial charge in [0.1, 0.15) is 0 Å².